The van der Waals surface area contributed by atoms with E-state index in [1.165, 1.54) is 18.5 Å². The lowest BCUT2D eigenvalue weighted by Crippen LogP contribution is -2.22. The van der Waals surface area contributed by atoms with Crippen LogP contribution in [0.25, 0.3) is 0 Å². The summed E-state index contributed by atoms with van der Waals surface area (Å²) in [5.74, 6) is 1.01. The van der Waals surface area contributed by atoms with Crippen molar-refractivity contribution in [1.29, 1.82) is 0 Å². The molecule has 0 bridgehead atoms. The number of hydrogen-bond donors (Lipinski definition) is 3. The topological polar surface area (TPSA) is 67.1 Å². The van der Waals surface area contributed by atoms with Crippen molar-refractivity contribution < 1.29 is 4.79 Å². The van der Waals surface area contributed by atoms with Gasteiger partial charge in [-0.3, -0.25) is 4.79 Å². The van der Waals surface area contributed by atoms with Crippen LogP contribution in [0.15, 0.2) is 36.0 Å². The molecule has 4 heteroatoms. The fraction of sp³-hybridized carbons (Fsp3) is 0.500. The Morgan fingerprint density at radius 2 is 2.23 bits per heavy atom. The van der Waals surface area contributed by atoms with Crippen LogP contribution in [-0.4, -0.2) is 19.0 Å². The fourth-order valence-corrected chi connectivity index (χ4v) is 2.31. The standard InChI is InChI=1S/C18H27N3O/c1-3-13(2)17(21-12-14-7-8-14)9-10-20-16-6-4-5-15(11-16)18(19)22/h4-6,9,11,13-14,20-21H,3,7-8,10,12H2,1-2H3,(H2,19,22)/b17-9+/t13-/m1/s1. The van der Waals surface area contributed by atoms with Crippen molar-refractivity contribution in [3.8, 4) is 0 Å². The molecule has 4 nitrogen and oxygen atoms in total. The molecule has 2 rings (SSSR count). The minimum Gasteiger partial charge on any atom is -0.388 e. The van der Waals surface area contributed by atoms with E-state index in [4.69, 9.17) is 5.73 Å². The van der Waals surface area contributed by atoms with Crippen LogP contribution in [0.5, 0.6) is 0 Å². The molecule has 0 radical (unpaired) electrons. The van der Waals surface area contributed by atoms with Gasteiger partial charge in [-0.15, -0.1) is 0 Å². The highest BCUT2D eigenvalue weighted by atomic mass is 16.1. The third kappa shape index (κ3) is 5.10. The highest BCUT2D eigenvalue weighted by molar-refractivity contribution is 5.93. The molecule has 4 N–H and O–H groups in total. The summed E-state index contributed by atoms with van der Waals surface area (Å²) in [4.78, 5) is 11.2. The Bertz CT molecular complexity index is 535. The number of nitrogens with two attached hydrogens (primary N) is 1. The van der Waals surface area contributed by atoms with E-state index in [2.05, 4.69) is 30.6 Å². The maximum Gasteiger partial charge on any atom is 0.248 e. The minimum atomic E-state index is -0.398. The Hall–Kier alpha value is -1.97. The summed E-state index contributed by atoms with van der Waals surface area (Å²) in [7, 11) is 0. The summed E-state index contributed by atoms with van der Waals surface area (Å²) >= 11 is 0. The van der Waals surface area contributed by atoms with Gasteiger partial charge in [0, 0.05) is 30.0 Å². The van der Waals surface area contributed by atoms with Gasteiger partial charge in [0.1, 0.15) is 0 Å². The molecular formula is C18H27N3O. The van der Waals surface area contributed by atoms with Crippen LogP contribution in [0.1, 0.15) is 43.5 Å². The summed E-state index contributed by atoms with van der Waals surface area (Å²) < 4.78 is 0. The van der Waals surface area contributed by atoms with Crippen LogP contribution in [-0.2, 0) is 0 Å². The minimum absolute atomic E-state index is 0.398. The maximum absolute atomic E-state index is 11.2. The zero-order valence-corrected chi connectivity index (χ0v) is 13.6. The number of benzene rings is 1. The van der Waals surface area contributed by atoms with Gasteiger partial charge in [0.15, 0.2) is 0 Å². The molecule has 0 aliphatic heterocycles. The lowest BCUT2D eigenvalue weighted by atomic mass is 10.0. The molecule has 0 saturated heterocycles. The second-order valence-electron chi connectivity index (χ2n) is 6.12. The van der Waals surface area contributed by atoms with Crippen LogP contribution in [0, 0.1) is 11.8 Å². The van der Waals surface area contributed by atoms with E-state index in [0.29, 0.717) is 11.5 Å². The van der Waals surface area contributed by atoms with E-state index in [0.717, 1.165) is 31.1 Å². The Kier molecular flexibility index (Phi) is 5.87. The maximum atomic E-state index is 11.2. The quantitative estimate of drug-likeness (QED) is 0.656. The highest BCUT2D eigenvalue weighted by Crippen LogP contribution is 2.28. The number of carbonyl (C=O) groups excluding carboxylic acids is 1. The molecule has 1 aliphatic carbocycles. The summed E-state index contributed by atoms with van der Waals surface area (Å²) in [6.07, 6.45) is 6.06. The van der Waals surface area contributed by atoms with Gasteiger partial charge in [-0.05, 0) is 55.4 Å². The number of rotatable bonds is 9. The Balaban J connectivity index is 1.91. The van der Waals surface area contributed by atoms with Crippen LogP contribution in [0.2, 0.25) is 0 Å². The van der Waals surface area contributed by atoms with Crippen LogP contribution < -0.4 is 16.4 Å². The Labute approximate surface area is 133 Å². The summed E-state index contributed by atoms with van der Waals surface area (Å²) in [5, 5.41) is 6.92. The monoisotopic (exact) mass is 301 g/mol. The summed E-state index contributed by atoms with van der Waals surface area (Å²) in [5.41, 5.74) is 8.06. The number of amides is 1. The highest BCUT2D eigenvalue weighted by Gasteiger charge is 2.21. The van der Waals surface area contributed by atoms with E-state index in [1.807, 2.05) is 12.1 Å². The molecule has 0 unspecified atom stereocenters. The molecule has 0 aromatic heterocycles. The largest absolute Gasteiger partial charge is 0.388 e. The van der Waals surface area contributed by atoms with Crippen molar-refractivity contribution in [3.05, 3.63) is 41.6 Å². The molecule has 1 saturated carbocycles. The van der Waals surface area contributed by atoms with Crippen LogP contribution >= 0.6 is 0 Å². The van der Waals surface area contributed by atoms with E-state index in [1.54, 1.807) is 12.1 Å². The van der Waals surface area contributed by atoms with Gasteiger partial charge >= 0.3 is 0 Å². The summed E-state index contributed by atoms with van der Waals surface area (Å²) in [6, 6.07) is 7.30. The molecule has 22 heavy (non-hydrogen) atoms. The zero-order chi connectivity index (χ0) is 15.9. The van der Waals surface area contributed by atoms with E-state index < -0.39 is 5.91 Å². The average molecular weight is 301 g/mol. The molecule has 120 valence electrons. The SMILES string of the molecule is CC[C@@H](C)/C(=C\CNc1cccc(C(N)=O)c1)NCC1CC1. The first-order chi connectivity index (χ1) is 10.6. The first-order valence-electron chi connectivity index (χ1n) is 8.17. The van der Waals surface area contributed by atoms with Gasteiger partial charge in [-0.25, -0.2) is 0 Å². The first-order valence-corrected chi connectivity index (χ1v) is 8.17. The van der Waals surface area contributed by atoms with Crippen molar-refractivity contribution in [1.82, 2.24) is 5.32 Å². The van der Waals surface area contributed by atoms with E-state index in [9.17, 15) is 4.79 Å². The van der Waals surface area contributed by atoms with Crippen molar-refractivity contribution in [2.24, 2.45) is 17.6 Å². The van der Waals surface area contributed by atoms with Crippen molar-refractivity contribution >= 4 is 11.6 Å². The number of hydrogen-bond acceptors (Lipinski definition) is 3. The third-order valence-corrected chi connectivity index (χ3v) is 4.21. The molecule has 1 atom stereocenters. The summed E-state index contributed by atoms with van der Waals surface area (Å²) in [6.45, 7) is 6.29. The molecule has 0 heterocycles. The zero-order valence-electron chi connectivity index (χ0n) is 13.6. The average Bonchev–Trinajstić information content (AvgIpc) is 3.34. The van der Waals surface area contributed by atoms with Gasteiger partial charge in [0.2, 0.25) is 5.91 Å². The van der Waals surface area contributed by atoms with E-state index in [-0.39, 0.29) is 0 Å². The normalized spacial score (nSPS) is 16.2. The van der Waals surface area contributed by atoms with E-state index >= 15 is 0 Å². The molecule has 1 aromatic carbocycles. The lowest BCUT2D eigenvalue weighted by Gasteiger charge is -2.17. The molecule has 0 spiro atoms. The number of primary amides is 1. The number of nitrogens with one attached hydrogen (secondary N) is 2. The smallest absolute Gasteiger partial charge is 0.248 e. The van der Waals surface area contributed by atoms with Crippen LogP contribution in [0.4, 0.5) is 5.69 Å². The third-order valence-electron chi connectivity index (χ3n) is 4.21. The first kappa shape index (κ1) is 16.4. The second-order valence-corrected chi connectivity index (χ2v) is 6.12. The fourth-order valence-electron chi connectivity index (χ4n) is 2.31. The van der Waals surface area contributed by atoms with Crippen molar-refractivity contribution in [3.63, 3.8) is 0 Å². The molecule has 1 aliphatic rings. The number of anilines is 1. The van der Waals surface area contributed by atoms with Gasteiger partial charge < -0.3 is 16.4 Å². The lowest BCUT2D eigenvalue weighted by molar-refractivity contribution is 0.100. The van der Waals surface area contributed by atoms with Crippen LogP contribution in [0.3, 0.4) is 0 Å². The predicted octanol–water partition coefficient (Wildman–Crippen LogP) is 3.13. The van der Waals surface area contributed by atoms with Crippen molar-refractivity contribution in [2.45, 2.75) is 33.1 Å². The molecule has 1 amide bonds. The molecule has 1 aromatic rings. The number of carbonyl (C=O) groups is 1. The molecular weight excluding hydrogens is 274 g/mol. The number of allylic oxidation sites excluding steroid dienone is 1. The van der Waals surface area contributed by atoms with Gasteiger partial charge in [0.25, 0.3) is 0 Å². The Morgan fingerprint density at radius 1 is 1.45 bits per heavy atom. The van der Waals surface area contributed by atoms with Gasteiger partial charge in [-0.1, -0.05) is 19.9 Å². The Morgan fingerprint density at radius 3 is 2.86 bits per heavy atom. The molecule has 1 fully saturated rings. The second kappa shape index (κ2) is 7.87. The van der Waals surface area contributed by atoms with Crippen molar-refractivity contribution in [2.75, 3.05) is 18.4 Å². The predicted molar refractivity (Wildman–Crippen MR) is 91.7 cm³/mol. The van der Waals surface area contributed by atoms with Gasteiger partial charge in [0.05, 0.1) is 0 Å². The van der Waals surface area contributed by atoms with Gasteiger partial charge in [-0.2, -0.15) is 0 Å².